The van der Waals surface area contributed by atoms with Crippen LogP contribution >= 0.6 is 0 Å². The summed E-state index contributed by atoms with van der Waals surface area (Å²) in [5, 5.41) is 0. The van der Waals surface area contributed by atoms with Gasteiger partial charge in [-0.05, 0) is 19.3 Å². The van der Waals surface area contributed by atoms with Crippen molar-refractivity contribution in [1.29, 1.82) is 0 Å². The fourth-order valence-electron chi connectivity index (χ4n) is 1.68. The molecule has 0 unspecified atom stereocenters. The van der Waals surface area contributed by atoms with E-state index in [1.54, 1.807) is 14.1 Å². The second kappa shape index (κ2) is 8.18. The van der Waals surface area contributed by atoms with Crippen molar-refractivity contribution in [2.45, 2.75) is 34.1 Å². The third-order valence-corrected chi connectivity index (χ3v) is 6.82. The van der Waals surface area contributed by atoms with Crippen LogP contribution in [0.4, 0.5) is 0 Å². The zero-order valence-corrected chi connectivity index (χ0v) is 11.9. The van der Waals surface area contributed by atoms with E-state index >= 15 is 0 Å². The maximum absolute atomic E-state index is 10.9. The van der Waals surface area contributed by atoms with Crippen molar-refractivity contribution in [1.82, 2.24) is 8.61 Å². The van der Waals surface area contributed by atoms with E-state index in [1.165, 1.54) is 8.61 Å². The molecule has 0 aromatic heterocycles. The van der Waals surface area contributed by atoms with Gasteiger partial charge in [-0.1, -0.05) is 14.9 Å². The first-order chi connectivity index (χ1) is 7.76. The fourth-order valence-corrected chi connectivity index (χ4v) is 4.18. The molecule has 2 rings (SSSR count). The lowest BCUT2D eigenvalue weighted by atomic mass is 10.3. The first-order valence-corrected chi connectivity index (χ1v) is 8.85. The average molecular weight is 316 g/mol. The predicted octanol–water partition coefficient (Wildman–Crippen LogP) is 0.966. The van der Waals surface area contributed by atoms with Gasteiger partial charge in [0.05, 0.1) is 11.5 Å². The first kappa shape index (κ1) is 21.1. The number of sulfonamides is 2. The van der Waals surface area contributed by atoms with E-state index in [2.05, 4.69) is 0 Å². The van der Waals surface area contributed by atoms with E-state index < -0.39 is 20.0 Å². The molecule has 6 nitrogen and oxygen atoms in total. The summed E-state index contributed by atoms with van der Waals surface area (Å²) in [6, 6.07) is 0. The van der Waals surface area contributed by atoms with Crippen molar-refractivity contribution in [3.05, 3.63) is 0 Å². The Morgan fingerprint density at radius 3 is 1.21 bits per heavy atom. The molecule has 2 heterocycles. The molecule has 0 amide bonds. The Kier molecular flexibility index (Phi) is 9.10. The zero-order chi connectivity index (χ0) is 13.1. The summed E-state index contributed by atoms with van der Waals surface area (Å²) in [4.78, 5) is 0. The van der Waals surface area contributed by atoms with E-state index in [9.17, 15) is 16.8 Å². The molecule has 2 saturated heterocycles. The largest absolute Gasteiger partial charge is 0.213 e. The highest BCUT2D eigenvalue weighted by molar-refractivity contribution is 7.89. The van der Waals surface area contributed by atoms with Gasteiger partial charge in [0, 0.05) is 27.2 Å². The van der Waals surface area contributed by atoms with E-state index in [1.807, 2.05) is 0 Å². The lowest BCUT2D eigenvalue weighted by Crippen LogP contribution is -2.34. The van der Waals surface area contributed by atoms with Crippen LogP contribution in [0.3, 0.4) is 0 Å². The summed E-state index contributed by atoms with van der Waals surface area (Å²) < 4.78 is 46.0. The molecule has 0 saturated carbocycles. The number of rotatable bonds is 0. The monoisotopic (exact) mass is 316 g/mol. The van der Waals surface area contributed by atoms with E-state index in [4.69, 9.17) is 0 Å². The second-order valence-corrected chi connectivity index (χ2v) is 8.73. The lowest BCUT2D eigenvalue weighted by Gasteiger charge is -2.21. The first-order valence-electron chi connectivity index (χ1n) is 5.64. The highest BCUT2D eigenvalue weighted by Gasteiger charge is 2.23. The molecule has 0 radical (unpaired) electrons. The summed E-state index contributed by atoms with van der Waals surface area (Å²) in [6.07, 6.45) is 2.63. The van der Waals surface area contributed by atoms with Gasteiger partial charge in [-0.3, -0.25) is 0 Å². The minimum absolute atomic E-state index is 0. The minimum atomic E-state index is -2.83. The van der Waals surface area contributed by atoms with Crippen molar-refractivity contribution >= 4 is 20.0 Å². The minimum Gasteiger partial charge on any atom is -0.212 e. The summed E-state index contributed by atoms with van der Waals surface area (Å²) in [6.45, 7) is 1.39. The van der Waals surface area contributed by atoms with Crippen LogP contribution in [0, 0.1) is 0 Å². The summed E-state index contributed by atoms with van der Waals surface area (Å²) in [5.41, 5.74) is 0. The Labute approximate surface area is 118 Å². The Morgan fingerprint density at radius 1 is 0.684 bits per heavy atom. The van der Waals surface area contributed by atoms with Crippen molar-refractivity contribution in [2.75, 3.05) is 38.7 Å². The van der Waals surface area contributed by atoms with Crippen LogP contribution in [-0.4, -0.2) is 64.1 Å². The summed E-state index contributed by atoms with van der Waals surface area (Å²) >= 11 is 0. The quantitative estimate of drug-likeness (QED) is 0.667. The van der Waals surface area contributed by atoms with E-state index in [0.717, 1.165) is 19.3 Å². The SMILES string of the molecule is C.C.CN1CCCCS1(=O)=O.CN1CCCS1(=O)=O. The van der Waals surface area contributed by atoms with Crippen LogP contribution in [0.25, 0.3) is 0 Å². The molecule has 2 aliphatic heterocycles. The Hall–Kier alpha value is -0.180. The molecule has 19 heavy (non-hydrogen) atoms. The van der Waals surface area contributed by atoms with Crippen LogP contribution in [0.15, 0.2) is 0 Å². The molecule has 0 atom stereocenters. The fraction of sp³-hybridized carbons (Fsp3) is 1.00. The molecule has 0 aromatic carbocycles. The van der Waals surface area contributed by atoms with Crippen LogP contribution in [0.2, 0.25) is 0 Å². The molecular weight excluding hydrogens is 288 g/mol. The van der Waals surface area contributed by atoms with Crippen LogP contribution in [-0.2, 0) is 20.0 Å². The Bertz CT molecular complexity index is 445. The lowest BCUT2D eigenvalue weighted by molar-refractivity contribution is 0.435. The standard InChI is InChI=1S/C5H11NO2S.C4H9NO2S.2CH4/c1-6-4-2-3-5-9(6,7)8;1-5-3-2-4-8(5,6)7;;/h2-5H2,1H3;2-4H2,1H3;2*1H4. The van der Waals surface area contributed by atoms with Crippen LogP contribution in [0.1, 0.15) is 34.1 Å². The van der Waals surface area contributed by atoms with Crippen molar-refractivity contribution in [3.63, 3.8) is 0 Å². The zero-order valence-electron chi connectivity index (χ0n) is 10.3. The van der Waals surface area contributed by atoms with Gasteiger partial charge in [0.25, 0.3) is 0 Å². The molecule has 0 spiro atoms. The molecule has 118 valence electrons. The molecule has 8 heteroatoms. The van der Waals surface area contributed by atoms with Crippen LogP contribution < -0.4 is 0 Å². The third kappa shape index (κ3) is 6.20. The maximum Gasteiger partial charge on any atom is 0.213 e. The second-order valence-electron chi connectivity index (χ2n) is 4.34. The molecule has 0 aliphatic carbocycles. The van der Waals surface area contributed by atoms with Gasteiger partial charge in [0.1, 0.15) is 0 Å². The topological polar surface area (TPSA) is 74.8 Å². The Balaban J connectivity index is 0. The van der Waals surface area contributed by atoms with Crippen molar-refractivity contribution in [2.24, 2.45) is 0 Å². The van der Waals surface area contributed by atoms with Crippen molar-refractivity contribution in [3.8, 4) is 0 Å². The predicted molar refractivity (Wildman–Crippen MR) is 80.1 cm³/mol. The normalized spacial score (nSPS) is 25.4. The molecule has 0 N–H and O–H groups in total. The summed E-state index contributed by atoms with van der Waals surface area (Å²) in [7, 11) is -2.37. The summed E-state index contributed by atoms with van der Waals surface area (Å²) in [5.74, 6) is 0.674. The molecule has 0 bridgehead atoms. The van der Waals surface area contributed by atoms with Gasteiger partial charge in [0.2, 0.25) is 20.0 Å². The van der Waals surface area contributed by atoms with Gasteiger partial charge in [0.15, 0.2) is 0 Å². The highest BCUT2D eigenvalue weighted by Crippen LogP contribution is 2.10. The van der Waals surface area contributed by atoms with Crippen LogP contribution in [0.5, 0.6) is 0 Å². The number of hydrogen-bond donors (Lipinski definition) is 0. The highest BCUT2D eigenvalue weighted by atomic mass is 32.2. The van der Waals surface area contributed by atoms with Gasteiger partial charge >= 0.3 is 0 Å². The smallest absolute Gasteiger partial charge is 0.212 e. The molecular formula is C11H28N2O4S2. The molecule has 2 aliphatic rings. The van der Waals surface area contributed by atoms with E-state index in [-0.39, 0.29) is 14.9 Å². The maximum atomic E-state index is 10.9. The number of hydrogen-bond acceptors (Lipinski definition) is 4. The van der Waals surface area contributed by atoms with Gasteiger partial charge < -0.3 is 0 Å². The van der Waals surface area contributed by atoms with Gasteiger partial charge in [-0.25, -0.2) is 25.4 Å². The third-order valence-electron chi connectivity index (χ3n) is 2.95. The number of nitrogens with zero attached hydrogens (tertiary/aromatic N) is 2. The molecule has 2 fully saturated rings. The van der Waals surface area contributed by atoms with E-state index in [0.29, 0.717) is 24.6 Å². The average Bonchev–Trinajstić information content (AvgIpc) is 2.51. The van der Waals surface area contributed by atoms with Gasteiger partial charge in [-0.2, -0.15) is 0 Å². The Morgan fingerprint density at radius 2 is 1.05 bits per heavy atom. The van der Waals surface area contributed by atoms with Crippen molar-refractivity contribution < 1.29 is 16.8 Å². The molecule has 0 aromatic rings. The van der Waals surface area contributed by atoms with Gasteiger partial charge in [-0.15, -0.1) is 0 Å².